The molecule has 0 atom stereocenters. The summed E-state index contributed by atoms with van der Waals surface area (Å²) in [6, 6.07) is 15.7. The first-order valence-electron chi connectivity index (χ1n) is 7.45. The van der Waals surface area contributed by atoms with Gasteiger partial charge >= 0.3 is 0 Å². The molecule has 0 bridgehead atoms. The van der Waals surface area contributed by atoms with Crippen molar-refractivity contribution in [2.24, 2.45) is 0 Å². The van der Waals surface area contributed by atoms with Gasteiger partial charge < -0.3 is 14.5 Å². The Morgan fingerprint density at radius 2 is 1.75 bits per heavy atom. The standard InChI is InChI=1S/C18H17BrN2O2S/c1-22-15-6-8-16(9-7-15)23-10-11-24-18-20-12-17(21-18)13-2-4-14(19)5-3-13/h2-9,12H,10-11H2,1H3,(H,20,21). The fraction of sp³-hybridized carbons (Fsp3) is 0.167. The van der Waals surface area contributed by atoms with Crippen molar-refractivity contribution in [3.63, 3.8) is 0 Å². The number of thioether (sulfide) groups is 1. The molecule has 2 aromatic carbocycles. The monoisotopic (exact) mass is 404 g/mol. The third-order valence-corrected chi connectivity index (χ3v) is 4.74. The maximum absolute atomic E-state index is 5.71. The normalized spacial score (nSPS) is 10.6. The van der Waals surface area contributed by atoms with Crippen LogP contribution in [0.25, 0.3) is 11.3 Å². The van der Waals surface area contributed by atoms with Crippen molar-refractivity contribution in [2.75, 3.05) is 19.5 Å². The highest BCUT2D eigenvalue weighted by Gasteiger charge is 2.04. The van der Waals surface area contributed by atoms with Crippen molar-refractivity contribution < 1.29 is 9.47 Å². The van der Waals surface area contributed by atoms with E-state index in [1.807, 2.05) is 42.6 Å². The van der Waals surface area contributed by atoms with Crippen molar-refractivity contribution in [3.8, 4) is 22.8 Å². The molecule has 124 valence electrons. The van der Waals surface area contributed by atoms with Crippen molar-refractivity contribution in [1.29, 1.82) is 0 Å². The van der Waals surface area contributed by atoms with E-state index in [9.17, 15) is 0 Å². The zero-order valence-electron chi connectivity index (χ0n) is 13.2. The minimum Gasteiger partial charge on any atom is -0.497 e. The lowest BCUT2D eigenvalue weighted by Gasteiger charge is -2.06. The van der Waals surface area contributed by atoms with Gasteiger partial charge in [0.05, 0.1) is 25.6 Å². The first kappa shape index (κ1) is 16.9. The van der Waals surface area contributed by atoms with E-state index in [1.165, 1.54) is 0 Å². The van der Waals surface area contributed by atoms with Crippen molar-refractivity contribution >= 4 is 27.7 Å². The Balaban J connectivity index is 1.47. The average molecular weight is 405 g/mol. The molecule has 24 heavy (non-hydrogen) atoms. The van der Waals surface area contributed by atoms with Gasteiger partial charge in [-0.05, 0) is 42.0 Å². The minimum atomic E-state index is 0.616. The summed E-state index contributed by atoms with van der Waals surface area (Å²) >= 11 is 5.08. The molecule has 0 saturated heterocycles. The van der Waals surface area contributed by atoms with Crippen LogP contribution in [-0.2, 0) is 0 Å². The largest absolute Gasteiger partial charge is 0.497 e. The molecule has 1 heterocycles. The zero-order chi connectivity index (χ0) is 16.8. The van der Waals surface area contributed by atoms with Crippen molar-refractivity contribution in [1.82, 2.24) is 9.97 Å². The lowest BCUT2D eigenvalue weighted by Crippen LogP contribution is -2.00. The number of methoxy groups -OCH3 is 1. The first-order chi connectivity index (χ1) is 11.7. The second-order valence-electron chi connectivity index (χ2n) is 4.98. The van der Waals surface area contributed by atoms with E-state index in [1.54, 1.807) is 18.9 Å². The molecule has 6 heteroatoms. The zero-order valence-corrected chi connectivity index (χ0v) is 15.6. The number of benzene rings is 2. The van der Waals surface area contributed by atoms with Gasteiger partial charge in [-0.2, -0.15) is 0 Å². The van der Waals surface area contributed by atoms with Crippen LogP contribution < -0.4 is 9.47 Å². The number of nitrogens with one attached hydrogen (secondary N) is 1. The lowest BCUT2D eigenvalue weighted by molar-refractivity contribution is 0.342. The fourth-order valence-corrected chi connectivity index (χ4v) is 3.06. The van der Waals surface area contributed by atoms with Gasteiger partial charge in [0.2, 0.25) is 0 Å². The Labute approximate surface area is 153 Å². The van der Waals surface area contributed by atoms with E-state index >= 15 is 0 Å². The number of aromatic nitrogens is 2. The van der Waals surface area contributed by atoms with Crippen LogP contribution in [0, 0.1) is 0 Å². The number of H-pyrrole nitrogens is 1. The Kier molecular flexibility index (Phi) is 5.82. The Bertz CT molecular complexity index is 772. The van der Waals surface area contributed by atoms with Gasteiger partial charge in [0, 0.05) is 10.2 Å². The van der Waals surface area contributed by atoms with Gasteiger partial charge in [0.15, 0.2) is 5.16 Å². The molecule has 3 aromatic rings. The van der Waals surface area contributed by atoms with Gasteiger partial charge in [0.1, 0.15) is 11.5 Å². The third kappa shape index (κ3) is 4.55. The van der Waals surface area contributed by atoms with Crippen LogP contribution >= 0.6 is 27.7 Å². The highest BCUT2D eigenvalue weighted by Crippen LogP contribution is 2.23. The quantitative estimate of drug-likeness (QED) is 0.443. The van der Waals surface area contributed by atoms with E-state index in [-0.39, 0.29) is 0 Å². The van der Waals surface area contributed by atoms with E-state index in [2.05, 4.69) is 38.0 Å². The van der Waals surface area contributed by atoms with E-state index in [4.69, 9.17) is 9.47 Å². The summed E-state index contributed by atoms with van der Waals surface area (Å²) in [5.41, 5.74) is 2.13. The second-order valence-corrected chi connectivity index (χ2v) is 6.98. The summed E-state index contributed by atoms with van der Waals surface area (Å²) in [6.45, 7) is 0.616. The van der Waals surface area contributed by atoms with Crippen LogP contribution in [0.2, 0.25) is 0 Å². The number of rotatable bonds is 7. The summed E-state index contributed by atoms with van der Waals surface area (Å²) in [4.78, 5) is 7.73. The van der Waals surface area contributed by atoms with Crippen LogP contribution in [0.15, 0.2) is 64.4 Å². The molecule has 0 amide bonds. The van der Waals surface area contributed by atoms with Crippen molar-refractivity contribution in [3.05, 3.63) is 59.2 Å². The number of nitrogens with zero attached hydrogens (tertiary/aromatic N) is 1. The molecule has 3 rings (SSSR count). The van der Waals surface area contributed by atoms with Crippen LogP contribution in [0.4, 0.5) is 0 Å². The summed E-state index contributed by atoms with van der Waals surface area (Å²) in [5.74, 6) is 2.48. The van der Waals surface area contributed by atoms with Crippen LogP contribution in [-0.4, -0.2) is 29.4 Å². The number of hydrogen-bond donors (Lipinski definition) is 1. The van der Waals surface area contributed by atoms with Gasteiger partial charge in [-0.15, -0.1) is 0 Å². The number of ether oxygens (including phenoxy) is 2. The maximum Gasteiger partial charge on any atom is 0.165 e. The Morgan fingerprint density at radius 3 is 2.46 bits per heavy atom. The first-order valence-corrected chi connectivity index (χ1v) is 9.23. The van der Waals surface area contributed by atoms with Gasteiger partial charge in [0.25, 0.3) is 0 Å². The topological polar surface area (TPSA) is 47.1 Å². The SMILES string of the molecule is COc1ccc(OCCSc2ncc(-c3ccc(Br)cc3)[nH]2)cc1. The van der Waals surface area contributed by atoms with Crippen LogP contribution in [0.5, 0.6) is 11.5 Å². The molecule has 1 aromatic heterocycles. The molecule has 1 N–H and O–H groups in total. The van der Waals surface area contributed by atoms with Crippen LogP contribution in [0.3, 0.4) is 0 Å². The van der Waals surface area contributed by atoms with Crippen LogP contribution in [0.1, 0.15) is 0 Å². The summed E-state index contributed by atoms with van der Waals surface area (Å²) in [6.07, 6.45) is 1.86. The predicted molar refractivity (Wildman–Crippen MR) is 101 cm³/mol. The summed E-state index contributed by atoms with van der Waals surface area (Å²) < 4.78 is 11.9. The number of hydrogen-bond acceptors (Lipinski definition) is 4. The van der Waals surface area contributed by atoms with E-state index in [0.717, 1.165) is 38.1 Å². The van der Waals surface area contributed by atoms with E-state index < -0.39 is 0 Å². The Hall–Kier alpha value is -1.92. The minimum absolute atomic E-state index is 0.616. The molecule has 0 fully saturated rings. The molecule has 0 aliphatic heterocycles. The highest BCUT2D eigenvalue weighted by molar-refractivity contribution is 9.10. The second kappa shape index (κ2) is 8.26. The highest BCUT2D eigenvalue weighted by atomic mass is 79.9. The molecule has 0 aliphatic rings. The summed E-state index contributed by atoms with van der Waals surface area (Å²) in [7, 11) is 1.65. The van der Waals surface area contributed by atoms with Gasteiger partial charge in [-0.3, -0.25) is 0 Å². The Morgan fingerprint density at radius 1 is 1.04 bits per heavy atom. The van der Waals surface area contributed by atoms with E-state index in [0.29, 0.717) is 6.61 Å². The van der Waals surface area contributed by atoms with Crippen molar-refractivity contribution in [2.45, 2.75) is 5.16 Å². The maximum atomic E-state index is 5.71. The molecular formula is C18H17BrN2O2S. The molecule has 0 radical (unpaired) electrons. The number of imidazole rings is 1. The third-order valence-electron chi connectivity index (χ3n) is 3.36. The summed E-state index contributed by atoms with van der Waals surface area (Å²) in [5, 5.41) is 0.895. The molecule has 0 spiro atoms. The molecule has 4 nitrogen and oxygen atoms in total. The molecule has 0 saturated carbocycles. The predicted octanol–water partition coefficient (Wildman–Crippen LogP) is 5.02. The fourth-order valence-electron chi connectivity index (χ4n) is 2.12. The number of aromatic amines is 1. The van der Waals surface area contributed by atoms with Gasteiger partial charge in [-0.1, -0.05) is 39.8 Å². The number of halogens is 1. The lowest BCUT2D eigenvalue weighted by atomic mass is 10.2. The van der Waals surface area contributed by atoms with Gasteiger partial charge in [-0.25, -0.2) is 4.98 Å². The smallest absolute Gasteiger partial charge is 0.165 e. The molecule has 0 unspecified atom stereocenters. The molecular weight excluding hydrogens is 388 g/mol. The average Bonchev–Trinajstić information content (AvgIpc) is 3.09. The molecule has 0 aliphatic carbocycles.